The number of hydrogen-bond acceptors (Lipinski definition) is 8. The van der Waals surface area contributed by atoms with Crippen molar-refractivity contribution < 1.29 is 49.4 Å². The van der Waals surface area contributed by atoms with E-state index in [0.29, 0.717) is 15.6 Å². The van der Waals surface area contributed by atoms with Gasteiger partial charge in [-0.15, -0.1) is 0 Å². The van der Waals surface area contributed by atoms with E-state index >= 15 is 0 Å². The van der Waals surface area contributed by atoms with Crippen LogP contribution in [0.3, 0.4) is 0 Å². The predicted molar refractivity (Wildman–Crippen MR) is 67.3 cm³/mol. The average molecular weight is 321 g/mol. The fraction of sp³-hybridized carbons (Fsp3) is 0.300. The van der Waals surface area contributed by atoms with Gasteiger partial charge in [0.05, 0.1) is 34.8 Å². The van der Waals surface area contributed by atoms with Gasteiger partial charge in [0.25, 0.3) is 0 Å². The number of fused-ring (bicyclic) bond motifs is 1. The van der Waals surface area contributed by atoms with E-state index in [0.717, 1.165) is 16.4 Å². The van der Waals surface area contributed by atoms with Crippen molar-refractivity contribution in [1.29, 1.82) is 0 Å². The summed E-state index contributed by atoms with van der Waals surface area (Å²) in [6.45, 7) is -0.306. The van der Waals surface area contributed by atoms with Crippen LogP contribution in [0.25, 0.3) is 4.91 Å². The zero-order chi connectivity index (χ0) is 13.7. The Balaban J connectivity index is 0.00000147. The van der Waals surface area contributed by atoms with E-state index in [1.807, 2.05) is 0 Å². The molecule has 0 aromatic carbocycles. The summed E-state index contributed by atoms with van der Waals surface area (Å²) in [7, 11) is 0. The Bertz CT molecular complexity index is 617. The van der Waals surface area contributed by atoms with Gasteiger partial charge in [0.15, 0.2) is 0 Å². The number of carbonyl (C=O) groups excluding carboxylic acids is 2. The third-order valence-electron chi connectivity index (χ3n) is 3.00. The van der Waals surface area contributed by atoms with Gasteiger partial charge in [-0.3, -0.25) is 9.69 Å². The van der Waals surface area contributed by atoms with E-state index < -0.39 is 23.2 Å². The van der Waals surface area contributed by atoms with Gasteiger partial charge in [-0.25, -0.2) is 0 Å². The monoisotopic (exact) mass is 321 g/mol. The number of nitrogen functional groups attached to an aromatic ring is 1. The van der Waals surface area contributed by atoms with Crippen LogP contribution in [0.1, 0.15) is 5.69 Å². The van der Waals surface area contributed by atoms with E-state index in [1.54, 1.807) is 6.07 Å². The average Bonchev–Trinajstić information content (AvgIpc) is 2.91. The summed E-state index contributed by atoms with van der Waals surface area (Å²) in [4.78, 5) is 24.5. The normalized spacial score (nSPS) is 24.2. The molecule has 0 spiro atoms. The van der Waals surface area contributed by atoms with Crippen LogP contribution in [0.4, 0.5) is 5.00 Å². The van der Waals surface area contributed by atoms with Crippen molar-refractivity contribution in [3.8, 4) is 0 Å². The molecule has 2 aliphatic heterocycles. The number of amides is 1. The molecule has 0 radical (unpaired) electrons. The van der Waals surface area contributed by atoms with Crippen molar-refractivity contribution in [2.75, 3.05) is 12.3 Å². The molecule has 2 atom stereocenters. The Morgan fingerprint density at radius 1 is 1.60 bits per heavy atom. The van der Waals surface area contributed by atoms with Crippen molar-refractivity contribution in [2.45, 2.75) is 5.37 Å². The van der Waals surface area contributed by atoms with Crippen LogP contribution in [-0.2, 0) is 9.59 Å². The molecule has 3 N–H and O–H groups in total. The van der Waals surface area contributed by atoms with Crippen LogP contribution < -0.4 is 40.4 Å². The third kappa shape index (κ3) is 2.18. The smallest absolute Gasteiger partial charge is 0.543 e. The maximum atomic E-state index is 11.8. The molecular formula is C10H8N3NaO4S2. The second-order valence-electron chi connectivity index (χ2n) is 4.09. The summed E-state index contributed by atoms with van der Waals surface area (Å²) in [5, 5.41) is 20.4. The Morgan fingerprint density at radius 2 is 2.30 bits per heavy atom. The van der Waals surface area contributed by atoms with Crippen molar-refractivity contribution in [1.82, 2.24) is 9.27 Å². The van der Waals surface area contributed by atoms with E-state index in [-0.39, 0.29) is 41.9 Å². The van der Waals surface area contributed by atoms with Gasteiger partial charge in [-0.2, -0.15) is 4.37 Å². The SMILES string of the molecule is Nc1cc(C2=C(C(=O)[O-])N3C(=O)[C@H](CO)[C@H]3S2)ns1.[Na+]. The summed E-state index contributed by atoms with van der Waals surface area (Å²) in [5.41, 5.74) is 5.81. The molecule has 10 heteroatoms. The Kier molecular flexibility index (Phi) is 4.47. The Morgan fingerprint density at radius 3 is 2.80 bits per heavy atom. The van der Waals surface area contributed by atoms with Gasteiger partial charge in [-0.05, 0) is 11.5 Å². The number of aliphatic hydroxyl groups is 1. The number of β-lactam (4-membered cyclic amide) rings is 1. The van der Waals surface area contributed by atoms with E-state index in [4.69, 9.17) is 10.8 Å². The fourth-order valence-electron chi connectivity index (χ4n) is 2.12. The maximum absolute atomic E-state index is 11.8. The number of anilines is 1. The molecule has 0 unspecified atom stereocenters. The molecule has 1 fully saturated rings. The first-order valence-electron chi connectivity index (χ1n) is 5.33. The number of thioether (sulfide) groups is 1. The molecule has 7 nitrogen and oxygen atoms in total. The van der Waals surface area contributed by atoms with Gasteiger partial charge in [-0.1, -0.05) is 11.8 Å². The third-order valence-corrected chi connectivity index (χ3v) is 5.03. The van der Waals surface area contributed by atoms with Crippen molar-refractivity contribution >= 4 is 45.1 Å². The zero-order valence-electron chi connectivity index (χ0n) is 10.4. The number of aliphatic hydroxyl groups excluding tert-OH is 1. The molecule has 2 aliphatic rings. The van der Waals surface area contributed by atoms with E-state index in [9.17, 15) is 14.7 Å². The first-order chi connectivity index (χ1) is 9.04. The molecule has 1 aromatic rings. The van der Waals surface area contributed by atoms with Crippen LogP contribution in [0.2, 0.25) is 0 Å². The minimum absolute atomic E-state index is 0. The summed E-state index contributed by atoms with van der Waals surface area (Å²) >= 11 is 2.24. The molecule has 100 valence electrons. The van der Waals surface area contributed by atoms with Crippen molar-refractivity contribution in [2.24, 2.45) is 5.92 Å². The minimum Gasteiger partial charge on any atom is -0.543 e. The van der Waals surface area contributed by atoms with Gasteiger partial charge < -0.3 is 20.7 Å². The van der Waals surface area contributed by atoms with Gasteiger partial charge in [0.1, 0.15) is 10.4 Å². The van der Waals surface area contributed by atoms with Gasteiger partial charge >= 0.3 is 29.6 Å². The summed E-state index contributed by atoms with van der Waals surface area (Å²) in [6.07, 6.45) is 0. The second kappa shape index (κ2) is 5.66. The summed E-state index contributed by atoms with van der Waals surface area (Å²) in [5.74, 6) is -2.41. The topological polar surface area (TPSA) is 120 Å². The number of carboxylic acid groups (broad SMARTS) is 1. The quantitative estimate of drug-likeness (QED) is 0.427. The standard InChI is InChI=1S/C10H9N3O4S2.Na/c11-5-1-4(12-19-5)7-6(10(16)17)13-8(15)3(2-14)9(13)18-7;/h1,3,9,14H,2,11H2,(H,16,17);/q;+1/p-1/t3-,9+;/m0./s1. The number of aliphatic carboxylic acids is 1. The van der Waals surface area contributed by atoms with Crippen LogP contribution in [0.15, 0.2) is 11.8 Å². The van der Waals surface area contributed by atoms with Crippen LogP contribution in [0, 0.1) is 5.92 Å². The zero-order valence-corrected chi connectivity index (χ0v) is 14.0. The number of aromatic nitrogens is 1. The van der Waals surface area contributed by atoms with Crippen LogP contribution in [-0.4, -0.2) is 38.2 Å². The number of carboxylic acids is 1. The number of hydrogen-bond donors (Lipinski definition) is 2. The molecule has 0 saturated carbocycles. The predicted octanol–water partition coefficient (Wildman–Crippen LogP) is -4.33. The maximum Gasteiger partial charge on any atom is 1.00 e. The number of nitrogens with zero attached hydrogens (tertiary/aromatic N) is 2. The molecule has 0 bridgehead atoms. The first-order valence-corrected chi connectivity index (χ1v) is 6.98. The molecule has 1 saturated heterocycles. The summed E-state index contributed by atoms with van der Waals surface area (Å²) < 4.78 is 4.05. The van der Waals surface area contributed by atoms with Gasteiger partial charge in [0, 0.05) is 6.07 Å². The molecule has 1 aromatic heterocycles. The minimum atomic E-state index is -1.43. The molecular weight excluding hydrogens is 313 g/mol. The first kappa shape index (κ1) is 15.8. The molecule has 0 aliphatic carbocycles. The number of nitrogens with two attached hydrogens (primary N) is 1. The molecule has 20 heavy (non-hydrogen) atoms. The van der Waals surface area contributed by atoms with E-state index in [2.05, 4.69) is 4.37 Å². The Labute approximate surface area is 144 Å². The fourth-order valence-corrected chi connectivity index (χ4v) is 4.13. The van der Waals surface area contributed by atoms with Crippen molar-refractivity contribution in [3.63, 3.8) is 0 Å². The second-order valence-corrected chi connectivity index (χ2v) is 6.05. The van der Waals surface area contributed by atoms with Crippen molar-refractivity contribution in [3.05, 3.63) is 17.5 Å². The molecule has 1 amide bonds. The van der Waals surface area contributed by atoms with Crippen LogP contribution >= 0.6 is 23.3 Å². The molecule has 3 rings (SSSR count). The largest absolute Gasteiger partial charge is 1.00 e. The number of carbonyl (C=O) groups is 2. The summed E-state index contributed by atoms with van der Waals surface area (Å²) in [6, 6.07) is 1.56. The van der Waals surface area contributed by atoms with Crippen LogP contribution in [0.5, 0.6) is 0 Å². The van der Waals surface area contributed by atoms with E-state index in [1.165, 1.54) is 11.8 Å². The van der Waals surface area contributed by atoms with Gasteiger partial charge in [0.2, 0.25) is 5.91 Å². The molecule has 3 heterocycles. The number of rotatable bonds is 3. The Hall–Kier alpha value is -0.580.